The van der Waals surface area contributed by atoms with Crippen molar-refractivity contribution in [2.45, 2.75) is 11.8 Å². The molecule has 0 aromatic heterocycles. The van der Waals surface area contributed by atoms with Gasteiger partial charge in [0.05, 0.1) is 9.85 Å². The molecule has 0 saturated carbocycles. The first kappa shape index (κ1) is 14.9. The third kappa shape index (κ3) is 3.18. The van der Waals surface area contributed by atoms with Gasteiger partial charge in [-0.3, -0.25) is 0 Å². The summed E-state index contributed by atoms with van der Waals surface area (Å²) >= 11 is 12.4. The molecular formula is C14H9Br2ClF2. The molecule has 0 aliphatic carbocycles. The normalized spacial score (nSPS) is 12.5. The van der Waals surface area contributed by atoms with Crippen molar-refractivity contribution in [2.75, 3.05) is 0 Å². The second kappa shape index (κ2) is 5.90. The van der Waals surface area contributed by atoms with Crippen LogP contribution in [0.15, 0.2) is 34.8 Å². The van der Waals surface area contributed by atoms with Crippen LogP contribution in [0.4, 0.5) is 8.78 Å². The molecule has 0 nitrogen and oxygen atoms in total. The van der Waals surface area contributed by atoms with Crippen molar-refractivity contribution in [3.63, 3.8) is 0 Å². The van der Waals surface area contributed by atoms with Crippen molar-refractivity contribution >= 4 is 43.5 Å². The van der Waals surface area contributed by atoms with Crippen molar-refractivity contribution in [1.82, 2.24) is 0 Å². The van der Waals surface area contributed by atoms with Crippen molar-refractivity contribution in [3.05, 3.63) is 68.2 Å². The lowest BCUT2D eigenvalue weighted by Gasteiger charge is -2.14. The fraction of sp³-hybridized carbons (Fsp3) is 0.143. The number of hydrogen-bond donors (Lipinski definition) is 0. The van der Waals surface area contributed by atoms with Gasteiger partial charge in [-0.25, -0.2) is 8.78 Å². The summed E-state index contributed by atoms with van der Waals surface area (Å²) in [7, 11) is 0. The molecule has 0 aliphatic rings. The SMILES string of the molecule is Cc1ccc(C(Br)c2cc(Cl)c(Br)cc2F)c(F)c1. The van der Waals surface area contributed by atoms with E-state index in [1.54, 1.807) is 19.1 Å². The highest BCUT2D eigenvalue weighted by molar-refractivity contribution is 9.10. The number of halogens is 5. The van der Waals surface area contributed by atoms with E-state index >= 15 is 0 Å². The predicted molar refractivity (Wildman–Crippen MR) is 81.0 cm³/mol. The number of benzene rings is 2. The lowest BCUT2D eigenvalue weighted by Crippen LogP contribution is -2.00. The third-order valence-corrected chi connectivity index (χ3v) is 4.93. The van der Waals surface area contributed by atoms with E-state index < -0.39 is 10.6 Å². The molecule has 0 heterocycles. The quantitative estimate of drug-likeness (QED) is 0.410. The molecule has 0 saturated heterocycles. The zero-order chi connectivity index (χ0) is 14.2. The van der Waals surface area contributed by atoms with Crippen LogP contribution in [0, 0.1) is 18.6 Å². The second-order valence-electron chi connectivity index (χ2n) is 4.18. The Morgan fingerprint density at radius 2 is 1.68 bits per heavy atom. The Labute approximate surface area is 132 Å². The maximum atomic E-state index is 13.9. The van der Waals surface area contributed by atoms with E-state index in [4.69, 9.17) is 11.6 Å². The van der Waals surface area contributed by atoms with Gasteiger partial charge in [0.2, 0.25) is 0 Å². The molecule has 0 aliphatic heterocycles. The van der Waals surface area contributed by atoms with Crippen LogP contribution >= 0.6 is 43.5 Å². The van der Waals surface area contributed by atoms with E-state index in [-0.39, 0.29) is 5.82 Å². The van der Waals surface area contributed by atoms with E-state index in [9.17, 15) is 8.78 Å². The van der Waals surface area contributed by atoms with E-state index in [1.807, 2.05) is 0 Å². The Morgan fingerprint density at radius 3 is 2.32 bits per heavy atom. The van der Waals surface area contributed by atoms with Gasteiger partial charge in [-0.05, 0) is 46.6 Å². The topological polar surface area (TPSA) is 0 Å². The Kier molecular flexibility index (Phi) is 4.64. The Bertz CT molecular complexity index is 629. The van der Waals surface area contributed by atoms with Gasteiger partial charge in [0.25, 0.3) is 0 Å². The maximum absolute atomic E-state index is 13.9. The van der Waals surface area contributed by atoms with Crippen molar-refractivity contribution < 1.29 is 8.78 Å². The minimum Gasteiger partial charge on any atom is -0.207 e. The largest absolute Gasteiger partial charge is 0.207 e. The van der Waals surface area contributed by atoms with Gasteiger partial charge in [-0.1, -0.05) is 39.7 Å². The lowest BCUT2D eigenvalue weighted by atomic mass is 10.0. The number of aryl methyl sites for hydroxylation is 1. The van der Waals surface area contributed by atoms with Crippen LogP contribution in [0.2, 0.25) is 5.02 Å². The molecule has 100 valence electrons. The van der Waals surface area contributed by atoms with E-state index in [2.05, 4.69) is 31.9 Å². The Hall–Kier alpha value is -0.450. The molecule has 2 aromatic rings. The fourth-order valence-electron chi connectivity index (χ4n) is 1.74. The van der Waals surface area contributed by atoms with Crippen LogP contribution in [0.3, 0.4) is 0 Å². The molecule has 19 heavy (non-hydrogen) atoms. The molecule has 0 amide bonds. The van der Waals surface area contributed by atoms with Gasteiger partial charge in [-0.2, -0.15) is 0 Å². The number of rotatable bonds is 2. The van der Waals surface area contributed by atoms with Gasteiger partial charge in [0, 0.05) is 15.6 Å². The minimum absolute atomic E-state index is 0.302. The summed E-state index contributed by atoms with van der Waals surface area (Å²) in [5, 5.41) is 0.383. The second-order valence-corrected chi connectivity index (χ2v) is 6.35. The first-order chi connectivity index (χ1) is 8.90. The summed E-state index contributed by atoms with van der Waals surface area (Å²) in [5.41, 5.74) is 1.49. The van der Waals surface area contributed by atoms with Gasteiger partial charge >= 0.3 is 0 Å². The molecule has 0 N–H and O–H groups in total. The summed E-state index contributed by atoms with van der Waals surface area (Å²) in [5.74, 6) is -0.821. The van der Waals surface area contributed by atoms with Gasteiger partial charge in [0.1, 0.15) is 11.6 Å². The Morgan fingerprint density at radius 1 is 1.05 bits per heavy atom. The van der Waals surface area contributed by atoms with Crippen LogP contribution in [0.25, 0.3) is 0 Å². The molecule has 5 heteroatoms. The lowest BCUT2D eigenvalue weighted by molar-refractivity contribution is 0.597. The zero-order valence-electron chi connectivity index (χ0n) is 9.85. The first-order valence-electron chi connectivity index (χ1n) is 5.44. The van der Waals surface area contributed by atoms with Crippen LogP contribution < -0.4 is 0 Å². The average Bonchev–Trinajstić information content (AvgIpc) is 2.33. The summed E-state index contributed by atoms with van der Waals surface area (Å²) in [6.07, 6.45) is 0. The van der Waals surface area contributed by atoms with Gasteiger partial charge in [0.15, 0.2) is 0 Å². The average molecular weight is 410 g/mol. The monoisotopic (exact) mass is 408 g/mol. The van der Waals surface area contributed by atoms with Crippen LogP contribution in [0.5, 0.6) is 0 Å². The van der Waals surface area contributed by atoms with Crippen molar-refractivity contribution in [1.29, 1.82) is 0 Å². The van der Waals surface area contributed by atoms with Crippen molar-refractivity contribution in [3.8, 4) is 0 Å². The van der Waals surface area contributed by atoms with E-state index in [0.717, 1.165) is 5.56 Å². The molecule has 0 fully saturated rings. The maximum Gasteiger partial charge on any atom is 0.129 e. The number of hydrogen-bond acceptors (Lipinski definition) is 0. The summed E-state index contributed by atoms with van der Waals surface area (Å²) < 4.78 is 28.3. The summed E-state index contributed by atoms with van der Waals surface area (Å²) in [4.78, 5) is -0.585. The minimum atomic E-state index is -0.585. The Balaban J connectivity index is 2.49. The highest BCUT2D eigenvalue weighted by atomic mass is 79.9. The third-order valence-electron chi connectivity index (χ3n) is 2.74. The molecule has 0 bridgehead atoms. The van der Waals surface area contributed by atoms with E-state index in [1.165, 1.54) is 18.2 Å². The van der Waals surface area contributed by atoms with Crippen LogP contribution in [-0.4, -0.2) is 0 Å². The zero-order valence-corrected chi connectivity index (χ0v) is 13.8. The summed E-state index contributed by atoms with van der Waals surface area (Å²) in [6, 6.07) is 7.60. The van der Waals surface area contributed by atoms with Gasteiger partial charge in [-0.15, -0.1) is 0 Å². The predicted octanol–water partition coefficient (Wildman–Crippen LogP) is 6.17. The number of alkyl halides is 1. The van der Waals surface area contributed by atoms with Crippen LogP contribution in [-0.2, 0) is 0 Å². The van der Waals surface area contributed by atoms with E-state index in [0.29, 0.717) is 20.6 Å². The van der Waals surface area contributed by atoms with Crippen molar-refractivity contribution in [2.24, 2.45) is 0 Å². The highest BCUT2D eigenvalue weighted by Crippen LogP contribution is 2.37. The molecule has 2 rings (SSSR count). The standard InChI is InChI=1S/C14H9Br2ClF2/c1-7-2-3-8(12(18)4-7)14(16)9-5-11(17)10(15)6-13(9)19/h2-6,14H,1H3. The first-order valence-corrected chi connectivity index (χ1v) is 7.53. The molecule has 1 atom stereocenters. The molecule has 1 unspecified atom stereocenters. The molecular weight excluding hydrogens is 401 g/mol. The van der Waals surface area contributed by atoms with Crippen LogP contribution in [0.1, 0.15) is 21.5 Å². The van der Waals surface area contributed by atoms with Gasteiger partial charge < -0.3 is 0 Å². The smallest absolute Gasteiger partial charge is 0.129 e. The highest BCUT2D eigenvalue weighted by Gasteiger charge is 2.19. The molecule has 0 radical (unpaired) electrons. The molecule has 0 spiro atoms. The molecule has 2 aromatic carbocycles. The fourth-order valence-corrected chi connectivity index (χ4v) is 2.95. The summed E-state index contributed by atoms with van der Waals surface area (Å²) in [6.45, 7) is 1.80.